The topological polar surface area (TPSA) is 60.9 Å². The molecule has 100 valence electrons. The van der Waals surface area contributed by atoms with Crippen molar-refractivity contribution in [3.8, 4) is 0 Å². The fourth-order valence-corrected chi connectivity index (χ4v) is 2.92. The van der Waals surface area contributed by atoms with Crippen LogP contribution in [0.4, 0.5) is 0 Å². The number of aryl methyl sites for hydroxylation is 1. The Kier molecular flexibility index (Phi) is 4.40. The van der Waals surface area contributed by atoms with E-state index < -0.39 is 0 Å². The highest BCUT2D eigenvalue weighted by Gasteiger charge is 2.31. The molecular formula is C13H20ClN3O. The minimum Gasteiger partial charge on any atom is -0.327 e. The molecule has 1 aromatic heterocycles. The van der Waals surface area contributed by atoms with Crippen LogP contribution < -0.4 is 5.73 Å². The van der Waals surface area contributed by atoms with Crippen molar-refractivity contribution in [2.75, 3.05) is 0 Å². The number of aromatic nitrogens is 2. The number of halogens is 1. The maximum Gasteiger partial charge on any atom is 0.187 e. The predicted molar refractivity (Wildman–Crippen MR) is 71.8 cm³/mol. The molecule has 0 radical (unpaired) electrons. The molecule has 2 atom stereocenters. The number of carbonyl (C=O) groups excluding carboxylic acids is 1. The Bertz CT molecular complexity index is 430. The summed E-state index contributed by atoms with van der Waals surface area (Å²) >= 11 is 6.08. The van der Waals surface area contributed by atoms with Gasteiger partial charge in [-0.15, -0.1) is 0 Å². The smallest absolute Gasteiger partial charge is 0.187 e. The van der Waals surface area contributed by atoms with Crippen molar-refractivity contribution < 1.29 is 4.79 Å². The van der Waals surface area contributed by atoms with E-state index in [-0.39, 0.29) is 17.7 Å². The van der Waals surface area contributed by atoms with Crippen LogP contribution in [0.25, 0.3) is 0 Å². The Morgan fingerprint density at radius 3 is 2.94 bits per heavy atom. The lowest BCUT2D eigenvalue weighted by Crippen LogP contribution is -2.35. The molecule has 1 aliphatic carbocycles. The number of Topliss-reactive ketones (excluding diaryl/α,β-unsaturated/α-hetero) is 1. The Morgan fingerprint density at radius 1 is 1.50 bits per heavy atom. The van der Waals surface area contributed by atoms with Crippen LogP contribution in [0.15, 0.2) is 6.20 Å². The van der Waals surface area contributed by atoms with Gasteiger partial charge in [0.05, 0.1) is 11.2 Å². The lowest BCUT2D eigenvalue weighted by Gasteiger charge is -2.20. The van der Waals surface area contributed by atoms with Crippen LogP contribution in [0.5, 0.6) is 0 Å². The van der Waals surface area contributed by atoms with E-state index >= 15 is 0 Å². The molecule has 0 bridgehead atoms. The van der Waals surface area contributed by atoms with Crippen molar-refractivity contribution in [2.45, 2.75) is 51.6 Å². The summed E-state index contributed by atoms with van der Waals surface area (Å²) in [5.74, 6) is -0.0410. The maximum atomic E-state index is 12.6. The van der Waals surface area contributed by atoms with Crippen molar-refractivity contribution in [1.29, 1.82) is 0 Å². The lowest BCUT2D eigenvalue weighted by molar-refractivity contribution is 0.0883. The first-order chi connectivity index (χ1) is 8.65. The lowest BCUT2D eigenvalue weighted by atomic mass is 9.89. The molecule has 2 unspecified atom stereocenters. The van der Waals surface area contributed by atoms with Crippen LogP contribution in [0.2, 0.25) is 5.02 Å². The molecule has 2 N–H and O–H groups in total. The Hall–Kier alpha value is -0.870. The van der Waals surface area contributed by atoms with Crippen LogP contribution in [-0.4, -0.2) is 21.6 Å². The molecule has 0 amide bonds. The van der Waals surface area contributed by atoms with Crippen molar-refractivity contribution in [3.05, 3.63) is 16.9 Å². The minimum absolute atomic E-state index is 0.0451. The van der Waals surface area contributed by atoms with Crippen molar-refractivity contribution in [3.63, 3.8) is 0 Å². The van der Waals surface area contributed by atoms with Gasteiger partial charge >= 0.3 is 0 Å². The summed E-state index contributed by atoms with van der Waals surface area (Å²) < 4.78 is 1.67. The summed E-state index contributed by atoms with van der Waals surface area (Å²) in [5, 5.41) is 4.56. The number of nitrogens with two attached hydrogens (primary N) is 1. The van der Waals surface area contributed by atoms with Gasteiger partial charge in [-0.25, -0.2) is 0 Å². The van der Waals surface area contributed by atoms with E-state index in [0.717, 1.165) is 32.1 Å². The van der Waals surface area contributed by atoms with Gasteiger partial charge in [0.2, 0.25) is 0 Å². The van der Waals surface area contributed by atoms with Crippen LogP contribution in [0, 0.1) is 5.92 Å². The SMILES string of the molecule is CCn1ncc(Cl)c1C(=O)C1CCCCCC1N. The van der Waals surface area contributed by atoms with Crippen molar-refractivity contribution >= 4 is 17.4 Å². The fraction of sp³-hybridized carbons (Fsp3) is 0.692. The highest BCUT2D eigenvalue weighted by molar-refractivity contribution is 6.33. The number of nitrogens with zero attached hydrogens (tertiary/aromatic N) is 2. The Morgan fingerprint density at radius 2 is 2.22 bits per heavy atom. The van der Waals surface area contributed by atoms with E-state index in [0.29, 0.717) is 17.3 Å². The first kappa shape index (κ1) is 13.6. The maximum absolute atomic E-state index is 12.6. The third-order valence-corrected chi connectivity index (χ3v) is 4.01. The minimum atomic E-state index is -0.105. The summed E-state index contributed by atoms with van der Waals surface area (Å²) in [6, 6.07) is -0.0451. The normalized spacial score (nSPS) is 24.8. The van der Waals surface area contributed by atoms with Gasteiger partial charge in [-0.1, -0.05) is 30.9 Å². The van der Waals surface area contributed by atoms with Gasteiger partial charge < -0.3 is 5.73 Å². The van der Waals surface area contributed by atoms with Gasteiger partial charge in [0, 0.05) is 18.5 Å². The summed E-state index contributed by atoms with van der Waals surface area (Å²) in [6.45, 7) is 2.60. The van der Waals surface area contributed by atoms with E-state index in [9.17, 15) is 4.79 Å². The zero-order chi connectivity index (χ0) is 13.1. The molecule has 4 nitrogen and oxygen atoms in total. The highest BCUT2D eigenvalue weighted by atomic mass is 35.5. The molecule has 0 saturated heterocycles. The molecule has 0 aromatic carbocycles. The molecule has 2 rings (SSSR count). The largest absolute Gasteiger partial charge is 0.327 e. The molecule has 5 heteroatoms. The zero-order valence-electron chi connectivity index (χ0n) is 10.7. The first-order valence-electron chi connectivity index (χ1n) is 6.66. The molecule has 1 aromatic rings. The second-order valence-electron chi connectivity index (χ2n) is 4.93. The predicted octanol–water partition coefficient (Wildman–Crippen LogP) is 2.65. The van der Waals surface area contributed by atoms with Crippen LogP contribution in [0.3, 0.4) is 0 Å². The number of hydrogen-bond donors (Lipinski definition) is 1. The standard InChI is InChI=1S/C13H20ClN3O/c1-2-17-12(10(14)8-16-17)13(18)9-6-4-3-5-7-11(9)15/h8-9,11H,2-7,15H2,1H3. The summed E-state index contributed by atoms with van der Waals surface area (Å²) in [5.41, 5.74) is 6.66. The average molecular weight is 270 g/mol. The number of ketones is 1. The third kappa shape index (κ3) is 2.59. The molecular weight excluding hydrogens is 250 g/mol. The summed E-state index contributed by atoms with van der Waals surface area (Å²) in [4.78, 5) is 12.6. The average Bonchev–Trinajstić information content (AvgIpc) is 2.59. The van der Waals surface area contributed by atoms with Gasteiger partial charge in [-0.2, -0.15) is 5.10 Å². The quantitative estimate of drug-likeness (QED) is 0.678. The van der Waals surface area contributed by atoms with Gasteiger partial charge in [0.1, 0.15) is 5.69 Å². The van der Waals surface area contributed by atoms with E-state index in [1.807, 2.05) is 6.92 Å². The van der Waals surface area contributed by atoms with E-state index in [4.69, 9.17) is 17.3 Å². The highest BCUT2D eigenvalue weighted by Crippen LogP contribution is 2.28. The molecule has 0 aliphatic heterocycles. The van der Waals surface area contributed by atoms with Gasteiger partial charge in [-0.05, 0) is 19.8 Å². The van der Waals surface area contributed by atoms with Crippen LogP contribution >= 0.6 is 11.6 Å². The molecule has 1 aliphatic rings. The molecule has 1 heterocycles. The zero-order valence-corrected chi connectivity index (χ0v) is 11.5. The van der Waals surface area contributed by atoms with Gasteiger partial charge in [0.15, 0.2) is 5.78 Å². The molecule has 1 fully saturated rings. The second kappa shape index (κ2) is 5.85. The third-order valence-electron chi connectivity index (χ3n) is 3.73. The van der Waals surface area contributed by atoms with Crippen LogP contribution in [-0.2, 0) is 6.54 Å². The van der Waals surface area contributed by atoms with E-state index in [1.165, 1.54) is 0 Å². The van der Waals surface area contributed by atoms with Gasteiger partial charge in [0.25, 0.3) is 0 Å². The Labute approximate surface area is 112 Å². The summed E-state index contributed by atoms with van der Waals surface area (Å²) in [7, 11) is 0. The van der Waals surface area contributed by atoms with Crippen molar-refractivity contribution in [2.24, 2.45) is 11.7 Å². The number of rotatable bonds is 3. The summed E-state index contributed by atoms with van der Waals surface area (Å²) in [6.07, 6.45) is 6.69. The van der Waals surface area contributed by atoms with Gasteiger partial charge in [-0.3, -0.25) is 9.48 Å². The molecule has 1 saturated carbocycles. The Balaban J connectivity index is 2.26. The molecule has 18 heavy (non-hydrogen) atoms. The van der Waals surface area contributed by atoms with E-state index in [2.05, 4.69) is 5.10 Å². The van der Waals surface area contributed by atoms with Crippen LogP contribution in [0.1, 0.15) is 49.5 Å². The molecule has 0 spiro atoms. The fourth-order valence-electron chi connectivity index (χ4n) is 2.68. The number of hydrogen-bond acceptors (Lipinski definition) is 3. The second-order valence-corrected chi connectivity index (χ2v) is 5.34. The van der Waals surface area contributed by atoms with Crippen molar-refractivity contribution in [1.82, 2.24) is 9.78 Å². The monoisotopic (exact) mass is 269 g/mol. The van der Waals surface area contributed by atoms with E-state index in [1.54, 1.807) is 10.9 Å². The first-order valence-corrected chi connectivity index (χ1v) is 7.04. The number of carbonyl (C=O) groups is 1.